The minimum absolute atomic E-state index is 0.324. The lowest BCUT2D eigenvalue weighted by Crippen LogP contribution is -2.31. The molecular weight excluding hydrogens is 142 g/mol. The van der Waals surface area contributed by atoms with Crippen molar-refractivity contribution in [1.29, 1.82) is 5.26 Å². The van der Waals surface area contributed by atoms with E-state index in [4.69, 9.17) is 5.26 Å². The molecule has 0 saturated heterocycles. The monoisotopic (exact) mass is 155 g/mol. The molecule has 0 aromatic heterocycles. The summed E-state index contributed by atoms with van der Waals surface area (Å²) in [6.07, 6.45) is 0. The zero-order chi connectivity index (χ0) is 9.07. The fourth-order valence-corrected chi connectivity index (χ4v) is 0.601. The van der Waals surface area contributed by atoms with Gasteiger partial charge in [-0.25, -0.2) is 0 Å². The average molecular weight is 155 g/mol. The smallest absolute Gasteiger partial charge is 0.312 e. The van der Waals surface area contributed by atoms with Gasteiger partial charge in [0.25, 0.3) is 0 Å². The Morgan fingerprint density at radius 1 is 1.64 bits per heavy atom. The number of rotatable bonds is 2. The molecule has 1 unspecified atom stereocenters. The number of nitrogens with zero attached hydrogens (tertiary/aromatic N) is 1. The van der Waals surface area contributed by atoms with E-state index in [9.17, 15) is 4.79 Å². The molecule has 0 bridgehead atoms. The lowest BCUT2D eigenvalue weighted by Gasteiger charge is -2.23. The molecule has 0 N–H and O–H groups in total. The van der Waals surface area contributed by atoms with Gasteiger partial charge in [-0.3, -0.25) is 4.79 Å². The highest BCUT2D eigenvalue weighted by molar-refractivity contribution is 5.76. The Kier molecular flexibility index (Phi) is 3.06. The predicted molar refractivity (Wildman–Crippen MR) is 40.6 cm³/mol. The normalized spacial score (nSPS) is 13.4. The SMILES string of the molecule is COC(=O)C(C)(C)C(C)C#N. The maximum absolute atomic E-state index is 11.1. The van der Waals surface area contributed by atoms with Gasteiger partial charge in [0.2, 0.25) is 0 Å². The van der Waals surface area contributed by atoms with E-state index in [1.807, 2.05) is 6.07 Å². The van der Waals surface area contributed by atoms with Crippen LogP contribution in [0.25, 0.3) is 0 Å². The van der Waals surface area contributed by atoms with E-state index in [1.54, 1.807) is 20.8 Å². The molecule has 0 amide bonds. The van der Waals surface area contributed by atoms with Gasteiger partial charge in [-0.05, 0) is 20.8 Å². The third-order valence-corrected chi connectivity index (χ3v) is 1.99. The molecule has 0 rings (SSSR count). The fourth-order valence-electron chi connectivity index (χ4n) is 0.601. The number of methoxy groups -OCH3 is 1. The van der Waals surface area contributed by atoms with Crippen molar-refractivity contribution in [1.82, 2.24) is 0 Å². The highest BCUT2D eigenvalue weighted by Crippen LogP contribution is 2.26. The second-order valence-electron chi connectivity index (χ2n) is 3.06. The van der Waals surface area contributed by atoms with Gasteiger partial charge in [-0.1, -0.05) is 0 Å². The van der Waals surface area contributed by atoms with Gasteiger partial charge < -0.3 is 4.74 Å². The Bertz CT molecular complexity index is 191. The first-order valence-electron chi connectivity index (χ1n) is 3.44. The molecule has 3 nitrogen and oxygen atoms in total. The summed E-state index contributed by atoms with van der Waals surface area (Å²) in [6, 6.07) is 2.02. The van der Waals surface area contributed by atoms with Crippen molar-refractivity contribution in [3.8, 4) is 6.07 Å². The summed E-state index contributed by atoms with van der Waals surface area (Å²) in [5, 5.41) is 8.56. The van der Waals surface area contributed by atoms with Crippen LogP contribution in [0, 0.1) is 22.7 Å². The van der Waals surface area contributed by atoms with Gasteiger partial charge in [0, 0.05) is 0 Å². The first kappa shape index (κ1) is 9.96. The third-order valence-electron chi connectivity index (χ3n) is 1.99. The van der Waals surface area contributed by atoms with Crippen molar-refractivity contribution in [2.24, 2.45) is 11.3 Å². The molecule has 0 fully saturated rings. The van der Waals surface area contributed by atoms with E-state index >= 15 is 0 Å². The number of esters is 1. The number of carbonyl (C=O) groups excluding carboxylic acids is 1. The van der Waals surface area contributed by atoms with Crippen molar-refractivity contribution in [2.75, 3.05) is 7.11 Å². The maximum Gasteiger partial charge on any atom is 0.312 e. The molecule has 0 aliphatic carbocycles. The molecule has 0 saturated carbocycles. The van der Waals surface area contributed by atoms with Gasteiger partial charge >= 0.3 is 5.97 Å². The predicted octanol–water partition coefficient (Wildman–Crippen LogP) is 1.35. The molecule has 0 aromatic rings. The highest BCUT2D eigenvalue weighted by atomic mass is 16.5. The third kappa shape index (κ3) is 1.94. The Balaban J connectivity index is 4.47. The van der Waals surface area contributed by atoms with Crippen LogP contribution in [0.15, 0.2) is 0 Å². The molecule has 0 spiro atoms. The second kappa shape index (κ2) is 3.38. The summed E-state index contributed by atoms with van der Waals surface area (Å²) in [6.45, 7) is 5.11. The molecule has 11 heavy (non-hydrogen) atoms. The van der Waals surface area contributed by atoms with Crippen LogP contribution in [0.5, 0.6) is 0 Å². The molecule has 0 aromatic carbocycles. The van der Waals surface area contributed by atoms with Crippen LogP contribution >= 0.6 is 0 Å². The summed E-state index contributed by atoms with van der Waals surface area (Å²) in [5.41, 5.74) is -0.705. The minimum Gasteiger partial charge on any atom is -0.469 e. The van der Waals surface area contributed by atoms with Gasteiger partial charge in [0.1, 0.15) is 0 Å². The van der Waals surface area contributed by atoms with Crippen molar-refractivity contribution >= 4 is 5.97 Å². The molecular formula is C8H13NO2. The molecule has 62 valence electrons. The molecule has 0 radical (unpaired) electrons. The summed E-state index contributed by atoms with van der Waals surface area (Å²) >= 11 is 0. The summed E-state index contributed by atoms with van der Waals surface area (Å²) in [7, 11) is 1.33. The van der Waals surface area contributed by atoms with Crippen LogP contribution in [0.4, 0.5) is 0 Å². The van der Waals surface area contributed by atoms with E-state index < -0.39 is 5.41 Å². The van der Waals surface area contributed by atoms with E-state index in [2.05, 4.69) is 4.74 Å². The highest BCUT2D eigenvalue weighted by Gasteiger charge is 2.34. The van der Waals surface area contributed by atoms with Crippen LogP contribution in [0.3, 0.4) is 0 Å². The molecule has 0 aliphatic heterocycles. The number of hydrogen-bond acceptors (Lipinski definition) is 3. The number of carbonyl (C=O) groups is 1. The van der Waals surface area contributed by atoms with Crippen molar-refractivity contribution in [3.05, 3.63) is 0 Å². The lowest BCUT2D eigenvalue weighted by molar-refractivity contribution is -0.152. The lowest BCUT2D eigenvalue weighted by atomic mass is 9.81. The van der Waals surface area contributed by atoms with Gasteiger partial charge in [0.05, 0.1) is 24.5 Å². The van der Waals surface area contributed by atoms with E-state index in [1.165, 1.54) is 7.11 Å². The van der Waals surface area contributed by atoms with E-state index in [0.29, 0.717) is 0 Å². The largest absolute Gasteiger partial charge is 0.469 e. The van der Waals surface area contributed by atoms with Crippen molar-refractivity contribution < 1.29 is 9.53 Å². The number of ether oxygens (including phenoxy) is 1. The Morgan fingerprint density at radius 3 is 2.36 bits per heavy atom. The second-order valence-corrected chi connectivity index (χ2v) is 3.06. The van der Waals surface area contributed by atoms with E-state index in [0.717, 1.165) is 0 Å². The first-order valence-corrected chi connectivity index (χ1v) is 3.44. The molecule has 0 heterocycles. The minimum atomic E-state index is -0.705. The fraction of sp³-hybridized carbons (Fsp3) is 0.750. The number of hydrogen-bond donors (Lipinski definition) is 0. The van der Waals surface area contributed by atoms with Crippen LogP contribution in [-0.2, 0) is 9.53 Å². The van der Waals surface area contributed by atoms with Crippen LogP contribution in [0.1, 0.15) is 20.8 Å². The summed E-state index contributed by atoms with van der Waals surface area (Å²) in [5.74, 6) is -0.665. The van der Waals surface area contributed by atoms with Crippen molar-refractivity contribution in [3.63, 3.8) is 0 Å². The van der Waals surface area contributed by atoms with Crippen LogP contribution < -0.4 is 0 Å². The van der Waals surface area contributed by atoms with Crippen LogP contribution in [-0.4, -0.2) is 13.1 Å². The zero-order valence-electron chi connectivity index (χ0n) is 7.34. The first-order chi connectivity index (χ1) is 4.96. The standard InChI is InChI=1S/C8H13NO2/c1-6(5-9)8(2,3)7(10)11-4/h6H,1-4H3. The van der Waals surface area contributed by atoms with Gasteiger partial charge in [-0.15, -0.1) is 0 Å². The Hall–Kier alpha value is -1.04. The average Bonchev–Trinajstić information content (AvgIpc) is 2.01. The Labute approximate surface area is 67.0 Å². The van der Waals surface area contributed by atoms with Crippen LogP contribution in [0.2, 0.25) is 0 Å². The Morgan fingerprint density at radius 2 is 2.09 bits per heavy atom. The van der Waals surface area contributed by atoms with Gasteiger partial charge in [0.15, 0.2) is 0 Å². The van der Waals surface area contributed by atoms with E-state index in [-0.39, 0.29) is 11.9 Å². The van der Waals surface area contributed by atoms with Crippen molar-refractivity contribution in [2.45, 2.75) is 20.8 Å². The molecule has 1 atom stereocenters. The molecule has 3 heteroatoms. The van der Waals surface area contributed by atoms with Gasteiger partial charge in [-0.2, -0.15) is 5.26 Å². The maximum atomic E-state index is 11.1. The zero-order valence-corrected chi connectivity index (χ0v) is 7.34. The quantitative estimate of drug-likeness (QED) is 0.565. The molecule has 0 aliphatic rings. The summed E-state index contributed by atoms with van der Waals surface area (Å²) < 4.78 is 4.55. The topological polar surface area (TPSA) is 50.1 Å². The number of nitriles is 1. The summed E-state index contributed by atoms with van der Waals surface area (Å²) in [4.78, 5) is 11.1.